The minimum absolute atomic E-state index is 0.0465. The van der Waals surface area contributed by atoms with Crippen LogP contribution < -0.4 is 0 Å². The molecule has 0 heterocycles. The molecule has 0 aromatic rings. The number of aliphatic carboxylic acids is 1. The second-order valence-electron chi connectivity index (χ2n) is 12.8. The SMILES string of the molecule is C=C(C)C(=O)OC1CC2CC3CC(C45CC6CCCC(C(=O)O)(C4)C(C6)C5)(C2)CC3C1. The highest BCUT2D eigenvalue weighted by Gasteiger charge is 2.71. The van der Waals surface area contributed by atoms with Gasteiger partial charge in [0.1, 0.15) is 6.10 Å². The summed E-state index contributed by atoms with van der Waals surface area (Å²) in [6.07, 6.45) is 15.0. The number of ether oxygens (including phenoxy) is 1. The molecular formula is C27H38O4. The highest BCUT2D eigenvalue weighted by atomic mass is 16.5. The molecule has 6 rings (SSSR count). The lowest BCUT2D eigenvalue weighted by Crippen LogP contribution is -2.46. The summed E-state index contributed by atoms with van der Waals surface area (Å²) in [6.45, 7) is 5.50. The Kier molecular flexibility index (Phi) is 4.32. The normalized spacial score (nSPS) is 51.9. The van der Waals surface area contributed by atoms with Gasteiger partial charge in [0.05, 0.1) is 5.41 Å². The van der Waals surface area contributed by atoms with Crippen LogP contribution >= 0.6 is 0 Å². The number of rotatable bonds is 4. The van der Waals surface area contributed by atoms with Gasteiger partial charge in [-0.25, -0.2) is 4.79 Å². The van der Waals surface area contributed by atoms with Crippen LogP contribution in [0.4, 0.5) is 0 Å². The van der Waals surface area contributed by atoms with Gasteiger partial charge in [0, 0.05) is 5.57 Å². The van der Waals surface area contributed by atoms with Gasteiger partial charge < -0.3 is 9.84 Å². The first-order valence-corrected chi connectivity index (χ1v) is 12.8. The van der Waals surface area contributed by atoms with Crippen molar-refractivity contribution in [3.8, 4) is 0 Å². The van der Waals surface area contributed by atoms with Crippen molar-refractivity contribution in [3.05, 3.63) is 12.2 Å². The van der Waals surface area contributed by atoms with E-state index in [0.717, 1.165) is 43.9 Å². The third-order valence-corrected chi connectivity index (χ3v) is 11.2. The Bertz CT molecular complexity index is 829. The average molecular weight is 427 g/mol. The smallest absolute Gasteiger partial charge is 0.333 e. The predicted octanol–water partition coefficient (Wildman–Crippen LogP) is 5.75. The third-order valence-electron chi connectivity index (χ3n) is 11.2. The zero-order valence-electron chi connectivity index (χ0n) is 19.0. The largest absolute Gasteiger partial charge is 0.481 e. The van der Waals surface area contributed by atoms with E-state index in [-0.39, 0.29) is 17.5 Å². The van der Waals surface area contributed by atoms with Gasteiger partial charge in [-0.1, -0.05) is 19.4 Å². The zero-order valence-corrected chi connectivity index (χ0v) is 19.0. The van der Waals surface area contributed by atoms with Gasteiger partial charge >= 0.3 is 11.9 Å². The van der Waals surface area contributed by atoms with Crippen molar-refractivity contribution in [3.63, 3.8) is 0 Å². The lowest BCUT2D eigenvalue weighted by Gasteiger charge is -2.55. The van der Waals surface area contributed by atoms with Gasteiger partial charge in [-0.3, -0.25) is 4.79 Å². The second-order valence-corrected chi connectivity index (χ2v) is 12.8. The molecule has 0 aromatic carbocycles. The highest BCUT2D eigenvalue weighted by Crippen LogP contribution is 2.77. The van der Waals surface area contributed by atoms with Crippen LogP contribution in [0.5, 0.6) is 0 Å². The minimum atomic E-state index is -0.490. The molecule has 6 aliphatic carbocycles. The maximum absolute atomic E-state index is 12.6. The Morgan fingerprint density at radius 3 is 2.42 bits per heavy atom. The summed E-state index contributed by atoms with van der Waals surface area (Å²) in [6, 6.07) is 0. The summed E-state index contributed by atoms with van der Waals surface area (Å²) in [4.78, 5) is 24.8. The molecule has 6 bridgehead atoms. The zero-order chi connectivity index (χ0) is 21.6. The van der Waals surface area contributed by atoms with E-state index >= 15 is 0 Å². The standard InChI is InChI=1S/C27H38O4/c1-16(2)23(28)31-22-8-18-6-19-12-25(11-18,13-20(19)9-22)26-10-17-4-3-5-27(15-26,24(29)30)21(7-17)14-26/h17-22H,1,3-15H2,2H3,(H,29,30). The second kappa shape index (κ2) is 6.60. The molecule has 0 radical (unpaired) electrons. The number of carboxylic acid groups (broad SMARTS) is 1. The Labute approximate surface area is 186 Å². The molecule has 170 valence electrons. The Balaban J connectivity index is 1.31. The van der Waals surface area contributed by atoms with E-state index < -0.39 is 11.4 Å². The van der Waals surface area contributed by atoms with E-state index in [4.69, 9.17) is 4.74 Å². The fraction of sp³-hybridized carbons (Fsp3) is 0.852. The van der Waals surface area contributed by atoms with Crippen molar-refractivity contribution < 1.29 is 19.4 Å². The summed E-state index contributed by atoms with van der Waals surface area (Å²) in [5.41, 5.74) is 0.662. The lowest BCUT2D eigenvalue weighted by molar-refractivity contribution is -0.152. The first-order valence-electron chi connectivity index (χ1n) is 12.8. The fourth-order valence-corrected chi connectivity index (χ4v) is 10.4. The highest BCUT2D eigenvalue weighted by molar-refractivity contribution is 5.87. The number of carbonyl (C=O) groups is 2. The molecule has 0 aliphatic heterocycles. The Morgan fingerprint density at radius 2 is 1.68 bits per heavy atom. The van der Waals surface area contributed by atoms with Crippen LogP contribution in [-0.4, -0.2) is 23.1 Å². The van der Waals surface area contributed by atoms with Crippen molar-refractivity contribution in [1.82, 2.24) is 0 Å². The number of fused-ring (bicyclic) bond motifs is 5. The van der Waals surface area contributed by atoms with Crippen LogP contribution in [-0.2, 0) is 14.3 Å². The fourth-order valence-electron chi connectivity index (χ4n) is 10.4. The van der Waals surface area contributed by atoms with E-state index in [2.05, 4.69) is 6.58 Å². The van der Waals surface area contributed by atoms with Crippen molar-refractivity contribution >= 4 is 11.9 Å². The van der Waals surface area contributed by atoms with E-state index in [1.54, 1.807) is 6.92 Å². The molecule has 1 N–H and O–H groups in total. The van der Waals surface area contributed by atoms with Crippen molar-refractivity contribution in [2.24, 2.45) is 45.8 Å². The quantitative estimate of drug-likeness (QED) is 0.459. The average Bonchev–Trinajstić information content (AvgIpc) is 2.99. The Hall–Kier alpha value is -1.32. The Morgan fingerprint density at radius 1 is 0.935 bits per heavy atom. The van der Waals surface area contributed by atoms with Crippen molar-refractivity contribution in [1.29, 1.82) is 0 Å². The molecule has 6 fully saturated rings. The molecule has 9 atom stereocenters. The number of esters is 1. The molecule has 31 heavy (non-hydrogen) atoms. The summed E-state index contributed by atoms with van der Waals surface area (Å²) in [5, 5.41) is 10.4. The molecule has 4 heteroatoms. The molecule has 4 nitrogen and oxygen atoms in total. The third kappa shape index (κ3) is 2.78. The molecule has 9 unspecified atom stereocenters. The van der Waals surface area contributed by atoms with E-state index in [0.29, 0.717) is 28.7 Å². The van der Waals surface area contributed by atoms with Crippen molar-refractivity contribution in [2.75, 3.05) is 0 Å². The predicted molar refractivity (Wildman–Crippen MR) is 117 cm³/mol. The van der Waals surface area contributed by atoms with Crippen LogP contribution in [0.15, 0.2) is 12.2 Å². The van der Waals surface area contributed by atoms with Crippen LogP contribution in [0.1, 0.15) is 90.4 Å². The van der Waals surface area contributed by atoms with Crippen LogP contribution in [0, 0.1) is 45.8 Å². The first kappa shape index (κ1) is 20.3. The van der Waals surface area contributed by atoms with E-state index in [1.165, 1.54) is 51.4 Å². The maximum Gasteiger partial charge on any atom is 0.333 e. The first-order chi connectivity index (χ1) is 14.7. The molecule has 0 spiro atoms. The van der Waals surface area contributed by atoms with Crippen LogP contribution in [0.3, 0.4) is 0 Å². The van der Waals surface area contributed by atoms with Gasteiger partial charge in [0.25, 0.3) is 0 Å². The molecular weight excluding hydrogens is 388 g/mol. The van der Waals surface area contributed by atoms with E-state index in [9.17, 15) is 14.7 Å². The molecule has 0 amide bonds. The summed E-state index contributed by atoms with van der Waals surface area (Å²) in [5.74, 6) is 2.47. The lowest BCUT2D eigenvalue weighted by atomic mass is 9.50. The van der Waals surface area contributed by atoms with Gasteiger partial charge in [-0.05, 0) is 118 Å². The topological polar surface area (TPSA) is 63.6 Å². The summed E-state index contributed by atoms with van der Waals surface area (Å²) in [7, 11) is 0. The van der Waals surface area contributed by atoms with Gasteiger partial charge in [-0.2, -0.15) is 0 Å². The maximum atomic E-state index is 12.6. The number of hydrogen-bond acceptors (Lipinski definition) is 3. The van der Waals surface area contributed by atoms with Crippen molar-refractivity contribution in [2.45, 2.75) is 96.5 Å². The molecule has 6 saturated carbocycles. The molecule has 6 aliphatic rings. The van der Waals surface area contributed by atoms with E-state index in [1.807, 2.05) is 0 Å². The molecule has 0 saturated heterocycles. The van der Waals surface area contributed by atoms with Crippen LogP contribution in [0.2, 0.25) is 0 Å². The summed E-state index contributed by atoms with van der Waals surface area (Å²) < 4.78 is 5.87. The number of hydrogen-bond donors (Lipinski definition) is 1. The minimum Gasteiger partial charge on any atom is -0.481 e. The van der Waals surface area contributed by atoms with Gasteiger partial charge in [0.15, 0.2) is 0 Å². The number of carbonyl (C=O) groups excluding carboxylic acids is 1. The van der Waals surface area contributed by atoms with Crippen LogP contribution in [0.25, 0.3) is 0 Å². The monoisotopic (exact) mass is 426 g/mol. The molecule has 0 aromatic heterocycles. The summed E-state index contributed by atoms with van der Waals surface area (Å²) >= 11 is 0. The number of carboxylic acids is 1. The van der Waals surface area contributed by atoms with Gasteiger partial charge in [0.2, 0.25) is 0 Å². The van der Waals surface area contributed by atoms with Gasteiger partial charge in [-0.15, -0.1) is 0 Å².